The second kappa shape index (κ2) is 6.50. The Hall–Kier alpha value is -1.85. The Kier molecular flexibility index (Phi) is 4.45. The Bertz CT molecular complexity index is 670. The fraction of sp³-hybridized carbons (Fsp3) is 0.250. The molecule has 1 saturated heterocycles. The summed E-state index contributed by atoms with van der Waals surface area (Å²) in [6.45, 7) is 0.620. The highest BCUT2D eigenvalue weighted by Gasteiger charge is 2.34. The minimum atomic E-state index is -0.412. The van der Waals surface area contributed by atoms with Crippen molar-refractivity contribution in [3.05, 3.63) is 51.7 Å². The van der Waals surface area contributed by atoms with Gasteiger partial charge in [0.05, 0.1) is 4.88 Å². The van der Waals surface area contributed by atoms with E-state index in [4.69, 9.17) is 11.6 Å². The van der Waals surface area contributed by atoms with Crippen LogP contribution in [0.2, 0.25) is 5.02 Å². The van der Waals surface area contributed by atoms with Crippen molar-refractivity contribution < 1.29 is 9.59 Å². The Balaban J connectivity index is 1.71. The van der Waals surface area contributed by atoms with Gasteiger partial charge in [0, 0.05) is 17.3 Å². The van der Waals surface area contributed by atoms with Crippen LogP contribution in [-0.2, 0) is 4.79 Å². The SMILES string of the molecule is O=C(Nc1ccc(Cl)cc1)C1CCCN1C(=O)c1cccs1. The quantitative estimate of drug-likeness (QED) is 0.931. The maximum absolute atomic E-state index is 12.5. The molecule has 0 aliphatic carbocycles. The zero-order valence-electron chi connectivity index (χ0n) is 11.8. The van der Waals surface area contributed by atoms with E-state index in [1.165, 1.54) is 11.3 Å². The van der Waals surface area contributed by atoms with Gasteiger partial charge in [0.25, 0.3) is 5.91 Å². The van der Waals surface area contributed by atoms with Gasteiger partial charge in [-0.15, -0.1) is 11.3 Å². The van der Waals surface area contributed by atoms with Gasteiger partial charge in [0.2, 0.25) is 5.91 Å². The van der Waals surface area contributed by atoms with Crippen LogP contribution in [0.25, 0.3) is 0 Å². The smallest absolute Gasteiger partial charge is 0.264 e. The van der Waals surface area contributed by atoms with Crippen molar-refractivity contribution in [3.8, 4) is 0 Å². The topological polar surface area (TPSA) is 49.4 Å². The Morgan fingerprint density at radius 3 is 2.68 bits per heavy atom. The molecule has 1 aliphatic rings. The van der Waals surface area contributed by atoms with Crippen LogP contribution in [0.1, 0.15) is 22.5 Å². The number of benzene rings is 1. The molecule has 1 aromatic carbocycles. The molecule has 3 rings (SSSR count). The van der Waals surface area contributed by atoms with E-state index >= 15 is 0 Å². The van der Waals surface area contributed by atoms with Crippen LogP contribution < -0.4 is 5.32 Å². The number of halogens is 1. The number of thiophene rings is 1. The third kappa shape index (κ3) is 3.15. The lowest BCUT2D eigenvalue weighted by molar-refractivity contribution is -0.119. The Labute approximate surface area is 137 Å². The number of rotatable bonds is 3. The van der Waals surface area contributed by atoms with Crippen LogP contribution in [0.4, 0.5) is 5.69 Å². The number of carbonyl (C=O) groups excluding carboxylic acids is 2. The maximum atomic E-state index is 12.5. The van der Waals surface area contributed by atoms with Crippen molar-refractivity contribution in [2.24, 2.45) is 0 Å². The van der Waals surface area contributed by atoms with Crippen molar-refractivity contribution in [1.29, 1.82) is 0 Å². The summed E-state index contributed by atoms with van der Waals surface area (Å²) in [6.07, 6.45) is 1.53. The van der Waals surface area contributed by atoms with E-state index in [0.29, 0.717) is 28.6 Å². The first-order valence-electron chi connectivity index (χ1n) is 7.06. The van der Waals surface area contributed by atoms with E-state index in [-0.39, 0.29) is 11.8 Å². The van der Waals surface area contributed by atoms with Gasteiger partial charge in [-0.25, -0.2) is 0 Å². The summed E-state index contributed by atoms with van der Waals surface area (Å²) in [6, 6.07) is 10.2. The van der Waals surface area contributed by atoms with E-state index in [0.717, 1.165) is 6.42 Å². The third-order valence-corrected chi connectivity index (χ3v) is 4.77. The van der Waals surface area contributed by atoms with Crippen LogP contribution in [0.3, 0.4) is 0 Å². The molecule has 0 saturated carbocycles. The van der Waals surface area contributed by atoms with Crippen molar-refractivity contribution in [1.82, 2.24) is 4.90 Å². The predicted molar refractivity (Wildman–Crippen MR) is 88.5 cm³/mol. The van der Waals surface area contributed by atoms with E-state index in [9.17, 15) is 9.59 Å². The fourth-order valence-corrected chi connectivity index (χ4v) is 3.39. The molecule has 1 atom stereocenters. The van der Waals surface area contributed by atoms with Crippen molar-refractivity contribution in [2.75, 3.05) is 11.9 Å². The van der Waals surface area contributed by atoms with Gasteiger partial charge in [-0.2, -0.15) is 0 Å². The van der Waals surface area contributed by atoms with E-state index in [1.54, 1.807) is 35.2 Å². The number of hydrogen-bond donors (Lipinski definition) is 1. The molecule has 1 aliphatic heterocycles. The van der Waals surface area contributed by atoms with Gasteiger partial charge < -0.3 is 10.2 Å². The predicted octanol–water partition coefficient (Wildman–Crippen LogP) is 3.64. The molecular formula is C16H15ClN2O2S. The molecule has 0 bridgehead atoms. The monoisotopic (exact) mass is 334 g/mol. The van der Waals surface area contributed by atoms with E-state index < -0.39 is 6.04 Å². The molecule has 0 spiro atoms. The number of carbonyl (C=O) groups is 2. The van der Waals surface area contributed by atoms with Crippen LogP contribution in [-0.4, -0.2) is 29.3 Å². The zero-order chi connectivity index (χ0) is 15.5. The third-order valence-electron chi connectivity index (χ3n) is 3.66. The fourth-order valence-electron chi connectivity index (χ4n) is 2.58. The van der Waals surface area contributed by atoms with Crippen molar-refractivity contribution >= 4 is 40.4 Å². The first kappa shape index (κ1) is 15.1. The standard InChI is InChI=1S/C16H15ClN2O2S/c17-11-5-7-12(8-6-11)18-15(20)13-3-1-9-19(13)16(21)14-4-2-10-22-14/h2,4-8,10,13H,1,3,9H2,(H,18,20). The summed E-state index contributed by atoms with van der Waals surface area (Å²) in [5, 5.41) is 5.34. The minimum absolute atomic E-state index is 0.0660. The van der Waals surface area contributed by atoms with Gasteiger partial charge in [0.1, 0.15) is 6.04 Å². The molecule has 1 unspecified atom stereocenters. The van der Waals surface area contributed by atoms with Crippen LogP contribution in [0.5, 0.6) is 0 Å². The highest BCUT2D eigenvalue weighted by Crippen LogP contribution is 2.23. The van der Waals surface area contributed by atoms with Gasteiger partial charge >= 0.3 is 0 Å². The lowest BCUT2D eigenvalue weighted by atomic mass is 10.2. The second-order valence-corrected chi connectivity index (χ2v) is 6.51. The molecule has 22 heavy (non-hydrogen) atoms. The molecule has 4 nitrogen and oxygen atoms in total. The lowest BCUT2D eigenvalue weighted by Crippen LogP contribution is -2.42. The molecule has 1 aromatic heterocycles. The van der Waals surface area contributed by atoms with Crippen molar-refractivity contribution in [3.63, 3.8) is 0 Å². The number of nitrogens with one attached hydrogen (secondary N) is 1. The summed E-state index contributed by atoms with van der Waals surface area (Å²) >= 11 is 7.23. The summed E-state index contributed by atoms with van der Waals surface area (Å²) in [5.41, 5.74) is 0.685. The first-order valence-corrected chi connectivity index (χ1v) is 8.32. The molecule has 2 aromatic rings. The minimum Gasteiger partial charge on any atom is -0.326 e. The van der Waals surface area contributed by atoms with Gasteiger partial charge in [-0.1, -0.05) is 17.7 Å². The molecule has 1 fully saturated rings. The lowest BCUT2D eigenvalue weighted by Gasteiger charge is -2.23. The summed E-state index contributed by atoms with van der Waals surface area (Å²) in [4.78, 5) is 27.2. The summed E-state index contributed by atoms with van der Waals surface area (Å²) in [5.74, 6) is -0.214. The number of hydrogen-bond acceptors (Lipinski definition) is 3. The average Bonchev–Trinajstić information content (AvgIpc) is 3.20. The molecule has 2 heterocycles. The molecule has 0 radical (unpaired) electrons. The Morgan fingerprint density at radius 2 is 2.00 bits per heavy atom. The van der Waals surface area contributed by atoms with Gasteiger partial charge in [0.15, 0.2) is 0 Å². The molecule has 2 amide bonds. The number of likely N-dealkylation sites (tertiary alicyclic amines) is 1. The maximum Gasteiger partial charge on any atom is 0.264 e. The number of amides is 2. The summed E-state index contributed by atoms with van der Waals surface area (Å²) < 4.78 is 0. The van der Waals surface area contributed by atoms with Crippen LogP contribution >= 0.6 is 22.9 Å². The number of anilines is 1. The highest BCUT2D eigenvalue weighted by atomic mass is 35.5. The largest absolute Gasteiger partial charge is 0.326 e. The molecule has 1 N–H and O–H groups in total. The summed E-state index contributed by atoms with van der Waals surface area (Å²) in [7, 11) is 0. The molecular weight excluding hydrogens is 320 g/mol. The molecule has 114 valence electrons. The van der Waals surface area contributed by atoms with Gasteiger partial charge in [-0.05, 0) is 48.6 Å². The highest BCUT2D eigenvalue weighted by molar-refractivity contribution is 7.12. The zero-order valence-corrected chi connectivity index (χ0v) is 13.4. The normalized spacial score (nSPS) is 17.5. The Morgan fingerprint density at radius 1 is 1.23 bits per heavy atom. The van der Waals surface area contributed by atoms with Crippen LogP contribution in [0, 0.1) is 0 Å². The van der Waals surface area contributed by atoms with Gasteiger partial charge in [-0.3, -0.25) is 9.59 Å². The van der Waals surface area contributed by atoms with Crippen LogP contribution in [0.15, 0.2) is 41.8 Å². The van der Waals surface area contributed by atoms with E-state index in [2.05, 4.69) is 5.32 Å². The van der Waals surface area contributed by atoms with Crippen molar-refractivity contribution in [2.45, 2.75) is 18.9 Å². The van der Waals surface area contributed by atoms with E-state index in [1.807, 2.05) is 11.4 Å². The average molecular weight is 335 g/mol. The number of nitrogens with zero attached hydrogens (tertiary/aromatic N) is 1. The second-order valence-electron chi connectivity index (χ2n) is 5.13. The first-order chi connectivity index (χ1) is 10.6. The molecule has 6 heteroatoms.